The molecule has 0 fully saturated rings. The maximum Gasteiger partial charge on any atom is 0.165 e. The third-order valence-electron chi connectivity index (χ3n) is 7.51. The van der Waals surface area contributed by atoms with Crippen LogP contribution >= 0.6 is 0 Å². The molecule has 0 radical (unpaired) electrons. The van der Waals surface area contributed by atoms with E-state index in [4.69, 9.17) is 34.2 Å². The lowest BCUT2D eigenvalue weighted by atomic mass is 10.1. The largest absolute Gasteiger partial charge is 0.507 e. The van der Waals surface area contributed by atoms with Crippen LogP contribution in [0.4, 0.5) is 0 Å². The van der Waals surface area contributed by atoms with Gasteiger partial charge >= 0.3 is 0 Å². The van der Waals surface area contributed by atoms with Gasteiger partial charge in [-0.15, -0.1) is 0 Å². The number of benzene rings is 3. The third kappa shape index (κ3) is 10.4. The fourth-order valence-electron chi connectivity index (χ4n) is 4.71. The van der Waals surface area contributed by atoms with Crippen LogP contribution in [0.3, 0.4) is 0 Å². The Kier molecular flexibility index (Phi) is 15.2. The number of hydrogen-bond donors (Lipinski definition) is 4. The highest BCUT2D eigenvalue weighted by atomic mass is 16.5. The molecule has 0 aliphatic heterocycles. The number of nitrogens with two attached hydrogens (primary N) is 1. The van der Waals surface area contributed by atoms with Gasteiger partial charge in [0.05, 0.1) is 36.6 Å². The highest BCUT2D eigenvalue weighted by molar-refractivity contribution is 6.14. The zero-order valence-corrected chi connectivity index (χ0v) is 29.3. The van der Waals surface area contributed by atoms with Crippen molar-refractivity contribution in [1.29, 1.82) is 0 Å². The van der Waals surface area contributed by atoms with E-state index in [0.717, 1.165) is 0 Å². The first-order valence-electron chi connectivity index (χ1n) is 16.3. The molecule has 0 saturated carbocycles. The van der Waals surface area contributed by atoms with Gasteiger partial charge in [-0.1, -0.05) is 6.58 Å². The minimum absolute atomic E-state index is 0.0212. The van der Waals surface area contributed by atoms with Crippen LogP contribution in [0.15, 0.2) is 53.0 Å². The van der Waals surface area contributed by atoms with Gasteiger partial charge in [0, 0.05) is 42.1 Å². The molecule has 0 amide bonds. The van der Waals surface area contributed by atoms with E-state index in [1.165, 1.54) is 0 Å². The fourth-order valence-corrected chi connectivity index (χ4v) is 4.71. The Morgan fingerprint density at radius 2 is 0.939 bits per heavy atom. The second kappa shape index (κ2) is 19.3. The van der Waals surface area contributed by atoms with Crippen molar-refractivity contribution in [2.45, 2.75) is 41.5 Å². The summed E-state index contributed by atoms with van der Waals surface area (Å²) in [5.41, 5.74) is 8.79. The second-order valence-corrected chi connectivity index (χ2v) is 10.8. The van der Waals surface area contributed by atoms with E-state index in [9.17, 15) is 15.3 Å². The number of rotatable bonds is 19. The van der Waals surface area contributed by atoms with Crippen molar-refractivity contribution in [3.63, 3.8) is 0 Å². The number of nitrogens with zero attached hydrogens (tertiary/aromatic N) is 2. The van der Waals surface area contributed by atoms with Crippen molar-refractivity contribution in [1.82, 2.24) is 0 Å². The van der Waals surface area contributed by atoms with Crippen LogP contribution in [0.2, 0.25) is 0 Å². The Morgan fingerprint density at radius 1 is 0.571 bits per heavy atom. The number of aromatic hydroxyl groups is 3. The summed E-state index contributed by atoms with van der Waals surface area (Å²) in [5.74, 6) is 0.967. The minimum Gasteiger partial charge on any atom is -0.507 e. The molecule has 266 valence electrons. The Bertz CT molecular complexity index is 1640. The molecule has 0 spiro atoms. The van der Waals surface area contributed by atoms with Gasteiger partial charge in [-0.25, -0.2) is 9.98 Å². The molecule has 12 nitrogen and oxygen atoms in total. The normalized spacial score (nSPS) is 11.9. The second-order valence-electron chi connectivity index (χ2n) is 10.8. The van der Waals surface area contributed by atoms with Crippen LogP contribution in [0.5, 0.6) is 34.5 Å². The molecule has 5 N–H and O–H groups in total. The molecule has 12 heteroatoms. The number of amidine groups is 2. The first kappa shape index (κ1) is 38.7. The van der Waals surface area contributed by atoms with E-state index < -0.39 is 0 Å². The summed E-state index contributed by atoms with van der Waals surface area (Å²) < 4.78 is 33.3. The minimum atomic E-state index is -0.145. The first-order valence-corrected chi connectivity index (χ1v) is 16.3. The van der Waals surface area contributed by atoms with E-state index in [2.05, 4.69) is 16.6 Å². The molecule has 49 heavy (non-hydrogen) atoms. The SMILES string of the molecule is C=C(N=C(N=C(N)c1ccc(OCCOCC)c(C)c1O)c1ccc(OCCOCC)c(C)c1O)c1ccc(OCCOCC)c(C)c1O. The summed E-state index contributed by atoms with van der Waals surface area (Å²) in [4.78, 5) is 9.21. The fraction of sp³-hybridized carbons (Fsp3) is 0.405. The zero-order valence-electron chi connectivity index (χ0n) is 29.3. The van der Waals surface area contributed by atoms with E-state index in [1.54, 1.807) is 57.2 Å². The molecule has 0 aliphatic rings. The van der Waals surface area contributed by atoms with E-state index in [0.29, 0.717) is 99.0 Å². The van der Waals surface area contributed by atoms with Crippen molar-refractivity contribution in [3.05, 3.63) is 76.4 Å². The maximum absolute atomic E-state index is 11.3. The number of aliphatic imine (C=N–C) groups is 2. The van der Waals surface area contributed by atoms with Gasteiger partial charge in [0.15, 0.2) is 5.84 Å². The number of phenolic OH excluding ortho intramolecular Hbond substituents is 3. The molecule has 0 aliphatic carbocycles. The lowest BCUT2D eigenvalue weighted by Gasteiger charge is -2.16. The third-order valence-corrected chi connectivity index (χ3v) is 7.51. The highest BCUT2D eigenvalue weighted by Crippen LogP contribution is 2.37. The summed E-state index contributed by atoms with van der Waals surface area (Å²) in [6.45, 7) is 18.8. The Balaban J connectivity index is 2.06. The highest BCUT2D eigenvalue weighted by Gasteiger charge is 2.20. The van der Waals surface area contributed by atoms with Crippen LogP contribution in [0.25, 0.3) is 5.70 Å². The van der Waals surface area contributed by atoms with Crippen molar-refractivity contribution >= 4 is 17.4 Å². The monoisotopic (exact) mass is 679 g/mol. The van der Waals surface area contributed by atoms with Crippen LogP contribution in [-0.2, 0) is 14.2 Å². The van der Waals surface area contributed by atoms with E-state index in [1.807, 2.05) is 20.8 Å². The Morgan fingerprint density at radius 3 is 1.37 bits per heavy atom. The lowest BCUT2D eigenvalue weighted by Crippen LogP contribution is -2.17. The smallest absolute Gasteiger partial charge is 0.165 e. The predicted octanol–water partition coefficient (Wildman–Crippen LogP) is 5.80. The predicted molar refractivity (Wildman–Crippen MR) is 191 cm³/mol. The first-order chi connectivity index (χ1) is 23.5. The molecule has 0 saturated heterocycles. The topological polar surface area (TPSA) is 167 Å². The van der Waals surface area contributed by atoms with Crippen molar-refractivity contribution in [2.24, 2.45) is 15.7 Å². The summed E-state index contributed by atoms with van der Waals surface area (Å²) in [6.07, 6.45) is 0. The zero-order chi connectivity index (χ0) is 35.9. The molecule has 0 unspecified atom stereocenters. The number of ether oxygens (including phenoxy) is 6. The van der Waals surface area contributed by atoms with Gasteiger partial charge in [0.2, 0.25) is 0 Å². The van der Waals surface area contributed by atoms with Gasteiger partial charge in [0.1, 0.15) is 60.2 Å². The molecular weight excluding hydrogens is 630 g/mol. The molecule has 3 rings (SSSR count). The molecule has 3 aromatic rings. The quantitative estimate of drug-likeness (QED) is 0.0691. The van der Waals surface area contributed by atoms with Crippen molar-refractivity contribution in [3.8, 4) is 34.5 Å². The molecule has 0 atom stereocenters. The van der Waals surface area contributed by atoms with Gasteiger partial charge in [-0.05, 0) is 77.9 Å². The van der Waals surface area contributed by atoms with Gasteiger partial charge in [-0.3, -0.25) is 0 Å². The summed E-state index contributed by atoms with van der Waals surface area (Å²) in [6, 6.07) is 9.90. The van der Waals surface area contributed by atoms with Gasteiger partial charge < -0.3 is 49.5 Å². The summed E-state index contributed by atoms with van der Waals surface area (Å²) in [5, 5.41) is 33.5. The van der Waals surface area contributed by atoms with Crippen LogP contribution in [0.1, 0.15) is 54.2 Å². The lowest BCUT2D eigenvalue weighted by molar-refractivity contribution is 0.110. The molecule has 3 aromatic carbocycles. The van der Waals surface area contributed by atoms with Crippen LogP contribution < -0.4 is 19.9 Å². The summed E-state index contributed by atoms with van der Waals surface area (Å²) in [7, 11) is 0. The van der Waals surface area contributed by atoms with Crippen molar-refractivity contribution in [2.75, 3.05) is 59.5 Å². The van der Waals surface area contributed by atoms with E-state index >= 15 is 0 Å². The van der Waals surface area contributed by atoms with Gasteiger partial charge in [-0.2, -0.15) is 0 Å². The van der Waals surface area contributed by atoms with Crippen LogP contribution in [0, 0.1) is 20.8 Å². The molecule has 0 heterocycles. The van der Waals surface area contributed by atoms with Crippen LogP contribution in [-0.4, -0.2) is 86.5 Å². The Labute approximate surface area is 288 Å². The maximum atomic E-state index is 11.3. The van der Waals surface area contributed by atoms with Gasteiger partial charge in [0.25, 0.3) is 0 Å². The molecule has 0 aromatic heterocycles. The molecule has 0 bridgehead atoms. The summed E-state index contributed by atoms with van der Waals surface area (Å²) >= 11 is 0. The molecular formula is C37H49N3O9. The Hall–Kier alpha value is -4.78. The van der Waals surface area contributed by atoms with E-state index in [-0.39, 0.29) is 45.7 Å². The standard InChI is InChI=1S/C37H49N3O9/c1-8-44-17-20-47-30-14-11-27(33(41)23(30)4)26(7)39-37(29-13-16-32(25(6)35(29)43)49-22-19-46-10-3)40-36(38)28-12-15-31(24(5)34(28)42)48-21-18-45-9-2/h11-16,41-43H,7-10,17-22H2,1-6H3,(H2,38,39,40). The number of hydrogen-bond acceptors (Lipinski definition) is 10. The number of phenols is 3. The average Bonchev–Trinajstić information content (AvgIpc) is 3.08. The average molecular weight is 680 g/mol. The van der Waals surface area contributed by atoms with Crippen molar-refractivity contribution < 1.29 is 43.7 Å².